The molecule has 0 radical (unpaired) electrons. The second-order valence-corrected chi connectivity index (χ2v) is 9.50. The van der Waals surface area contributed by atoms with Gasteiger partial charge in [-0.3, -0.25) is 0 Å². The van der Waals surface area contributed by atoms with Crippen LogP contribution in [0, 0.1) is 0 Å². The largest absolute Gasteiger partial charge is 0.357 e. The van der Waals surface area contributed by atoms with E-state index < -0.39 is 0 Å². The third kappa shape index (κ3) is 2.77. The van der Waals surface area contributed by atoms with Crippen molar-refractivity contribution in [2.45, 2.75) is 112 Å². The van der Waals surface area contributed by atoms with Gasteiger partial charge >= 0.3 is 5.91 Å². The first kappa shape index (κ1) is 23.1. The monoisotopic (exact) mass is 382 g/mol. The molecule has 2 aliphatic rings. The molecular weight excluding hydrogens is 332 g/mol. The van der Waals surface area contributed by atoms with Gasteiger partial charge in [0.05, 0.1) is 38.8 Å². The average molecular weight is 383 g/mol. The molecule has 1 spiro atoms. The Hall–Kier alpha value is -0.160. The van der Waals surface area contributed by atoms with E-state index in [1.807, 2.05) is 0 Å². The lowest BCUT2D eigenvalue weighted by atomic mass is 10.1. The van der Waals surface area contributed by atoms with E-state index in [-0.39, 0.29) is 5.91 Å². The van der Waals surface area contributed by atoms with Gasteiger partial charge in [-0.2, -0.15) is 9.80 Å². The molecule has 0 aromatic carbocycles. The van der Waals surface area contributed by atoms with Gasteiger partial charge in [0.1, 0.15) is 12.6 Å². The Morgan fingerprint density at radius 1 is 0.852 bits per heavy atom. The van der Waals surface area contributed by atoms with Gasteiger partial charge in [-0.05, 0) is 68.2 Å². The highest BCUT2D eigenvalue weighted by Crippen LogP contribution is 2.54. The molecule has 2 rings (SSSR count). The lowest BCUT2D eigenvalue weighted by molar-refractivity contribution is -1.18. The topological polar surface area (TPSA) is 6.48 Å². The zero-order valence-corrected chi connectivity index (χ0v) is 20.3. The van der Waals surface area contributed by atoms with Crippen molar-refractivity contribution < 1.29 is 8.97 Å². The Bertz CT molecular complexity index is 485. The van der Waals surface area contributed by atoms with E-state index in [2.05, 4.69) is 79.0 Å². The first-order chi connectivity index (χ1) is 12.7. The van der Waals surface area contributed by atoms with Gasteiger partial charge in [0.25, 0.3) is 0 Å². The van der Waals surface area contributed by atoms with Gasteiger partial charge in [0.15, 0.2) is 0 Å². The molecule has 5 unspecified atom stereocenters. The second kappa shape index (κ2) is 8.30. The van der Waals surface area contributed by atoms with Gasteiger partial charge in [0, 0.05) is 12.1 Å². The van der Waals surface area contributed by atoms with Crippen LogP contribution in [0.15, 0.2) is 0 Å². The summed E-state index contributed by atoms with van der Waals surface area (Å²) in [7, 11) is 0. The second-order valence-electron chi connectivity index (χ2n) is 9.50. The van der Waals surface area contributed by atoms with Crippen LogP contribution >= 0.6 is 0 Å². The van der Waals surface area contributed by atoms with Crippen LogP contribution in [0.4, 0.5) is 0 Å². The van der Waals surface area contributed by atoms with Crippen LogP contribution in [-0.4, -0.2) is 88.1 Å². The smallest absolute Gasteiger partial charge is 0.242 e. The summed E-state index contributed by atoms with van der Waals surface area (Å²) in [6, 6.07) is 2.55. The maximum absolute atomic E-state index is 3.00. The first-order valence-electron chi connectivity index (χ1n) is 12.0. The lowest BCUT2D eigenvalue weighted by Gasteiger charge is -2.60. The highest BCUT2D eigenvalue weighted by atomic mass is 15.9. The summed E-state index contributed by atoms with van der Waals surface area (Å²) in [6.07, 6.45) is 2.47. The Labute approximate surface area is 170 Å². The first-order valence-corrected chi connectivity index (χ1v) is 12.0. The molecule has 2 aliphatic heterocycles. The van der Waals surface area contributed by atoms with E-state index in [0.29, 0.717) is 24.2 Å². The van der Waals surface area contributed by atoms with E-state index >= 15 is 0 Å². The minimum atomic E-state index is 0.0800. The molecule has 0 aliphatic carbocycles. The molecule has 4 heteroatoms. The molecule has 0 N–H and O–H groups in total. The average Bonchev–Trinajstić information content (AvgIpc) is 3.10. The minimum Gasteiger partial charge on any atom is -0.242 e. The predicted octanol–water partition coefficient (Wildman–Crippen LogP) is 4.32. The van der Waals surface area contributed by atoms with Gasteiger partial charge in [-0.15, -0.1) is 0 Å². The van der Waals surface area contributed by atoms with Crippen LogP contribution in [0.25, 0.3) is 0 Å². The fraction of sp³-hybridized carbons (Fsp3) is 1.00. The van der Waals surface area contributed by atoms with Crippen molar-refractivity contribution in [2.24, 2.45) is 0 Å². The molecule has 0 saturated carbocycles. The van der Waals surface area contributed by atoms with Gasteiger partial charge in [-0.1, -0.05) is 13.8 Å². The number of rotatable bonds is 8. The van der Waals surface area contributed by atoms with Crippen LogP contribution in [0.2, 0.25) is 0 Å². The zero-order valence-electron chi connectivity index (χ0n) is 20.3. The fourth-order valence-electron chi connectivity index (χ4n) is 7.25. The van der Waals surface area contributed by atoms with Gasteiger partial charge in [-0.25, -0.2) is 8.97 Å². The zero-order chi connectivity index (χ0) is 20.6. The molecule has 0 bridgehead atoms. The van der Waals surface area contributed by atoms with E-state index in [9.17, 15) is 0 Å². The van der Waals surface area contributed by atoms with Gasteiger partial charge < -0.3 is 0 Å². The van der Waals surface area contributed by atoms with Crippen molar-refractivity contribution in [3.05, 3.63) is 0 Å². The normalized spacial score (nSPS) is 35.8. The standard InChI is InChI=1S/C23H50N4/c1-11-19(7)24-17-22(10)27(15-5,16-6)23(24)25(20(8)12-2)21(9)18-26(23,13-3)14-4/h19-22H,11-18H2,1-10H3/q+2. The fourth-order valence-corrected chi connectivity index (χ4v) is 7.25. The van der Waals surface area contributed by atoms with Crippen LogP contribution in [-0.2, 0) is 0 Å². The summed E-state index contributed by atoms with van der Waals surface area (Å²) in [6.45, 7) is 32.0. The van der Waals surface area contributed by atoms with Gasteiger partial charge in [0.2, 0.25) is 0 Å². The highest BCUT2D eigenvalue weighted by Gasteiger charge is 2.80. The summed E-state index contributed by atoms with van der Waals surface area (Å²) < 4.78 is 2.46. The lowest BCUT2D eigenvalue weighted by Crippen LogP contribution is -2.85. The molecule has 0 aromatic rings. The number of nitrogens with zero attached hydrogens (tertiary/aromatic N) is 4. The van der Waals surface area contributed by atoms with E-state index in [1.54, 1.807) is 0 Å². The van der Waals surface area contributed by atoms with Crippen molar-refractivity contribution in [1.82, 2.24) is 9.80 Å². The third-order valence-electron chi connectivity index (χ3n) is 8.89. The van der Waals surface area contributed by atoms with Crippen LogP contribution < -0.4 is 0 Å². The molecular formula is C23H50N4+2. The number of likely N-dealkylation sites (N-methyl/N-ethyl adjacent to an activating group) is 2. The molecule has 27 heavy (non-hydrogen) atoms. The Balaban J connectivity index is 2.90. The molecule has 2 heterocycles. The summed E-state index contributed by atoms with van der Waals surface area (Å²) in [5, 5.41) is 0. The predicted molar refractivity (Wildman–Crippen MR) is 117 cm³/mol. The van der Waals surface area contributed by atoms with E-state index in [1.165, 1.54) is 61.1 Å². The quantitative estimate of drug-likeness (QED) is 0.577. The van der Waals surface area contributed by atoms with Crippen molar-refractivity contribution in [2.75, 3.05) is 39.3 Å². The summed E-state index contributed by atoms with van der Waals surface area (Å²) in [5.74, 6) is 0.0800. The summed E-state index contributed by atoms with van der Waals surface area (Å²) in [4.78, 5) is 5.98. The minimum absolute atomic E-state index is 0.0800. The number of hydrogen-bond acceptors (Lipinski definition) is 2. The number of hydrogen-bond donors (Lipinski definition) is 0. The molecule has 2 fully saturated rings. The molecule has 2 saturated heterocycles. The Morgan fingerprint density at radius 2 is 1.37 bits per heavy atom. The van der Waals surface area contributed by atoms with E-state index in [0.717, 1.165) is 0 Å². The van der Waals surface area contributed by atoms with E-state index in [4.69, 9.17) is 0 Å². The number of quaternary nitrogens is 2. The Kier molecular flexibility index (Phi) is 7.10. The highest BCUT2D eigenvalue weighted by molar-refractivity contribution is 4.96. The van der Waals surface area contributed by atoms with Crippen molar-refractivity contribution in [1.29, 1.82) is 0 Å². The van der Waals surface area contributed by atoms with Crippen LogP contribution in [0.5, 0.6) is 0 Å². The SMILES string of the molecule is CCC(C)N1CC(C)[N+](CC)(CC)C12N(C(C)CC)C(C)C[N+]2(CC)CC. The maximum atomic E-state index is 3.00. The molecule has 0 aromatic heterocycles. The van der Waals surface area contributed by atoms with Crippen molar-refractivity contribution in [3.63, 3.8) is 0 Å². The van der Waals surface area contributed by atoms with Crippen LogP contribution in [0.1, 0.15) is 82.1 Å². The molecule has 0 amide bonds. The maximum Gasteiger partial charge on any atom is 0.357 e. The van der Waals surface area contributed by atoms with Crippen molar-refractivity contribution in [3.8, 4) is 0 Å². The van der Waals surface area contributed by atoms with Crippen molar-refractivity contribution >= 4 is 0 Å². The van der Waals surface area contributed by atoms with Crippen LogP contribution in [0.3, 0.4) is 0 Å². The Morgan fingerprint density at radius 3 is 1.78 bits per heavy atom. The molecule has 160 valence electrons. The third-order valence-corrected chi connectivity index (χ3v) is 8.89. The summed E-state index contributed by atoms with van der Waals surface area (Å²) in [5.41, 5.74) is 0. The molecule has 5 atom stereocenters. The molecule has 4 nitrogen and oxygen atoms in total. The summed E-state index contributed by atoms with van der Waals surface area (Å²) >= 11 is 0.